The predicted octanol–water partition coefficient (Wildman–Crippen LogP) is 10.4. The molecule has 17 nitrogen and oxygen atoms in total. The van der Waals surface area contributed by atoms with Crippen molar-refractivity contribution in [1.82, 2.24) is 0 Å². The highest BCUT2D eigenvalue weighted by Crippen LogP contribution is 2.65. The molecule has 17 heteroatoms. The summed E-state index contributed by atoms with van der Waals surface area (Å²) in [4.78, 5) is 95.6. The fraction of sp³-hybridized carbons (Fsp3) is 0.875. The first-order chi connectivity index (χ1) is 37.7. The average Bonchev–Trinajstić information content (AvgIpc) is 4.34. The third-order valence-corrected chi connectivity index (χ3v) is 21.9. The maximum atomic E-state index is 12.6. The number of rotatable bonds is 17. The molecule has 12 aliphatic rings. The lowest BCUT2D eigenvalue weighted by Gasteiger charge is -2.61. The van der Waals surface area contributed by atoms with E-state index in [1.54, 1.807) is 13.8 Å². The van der Waals surface area contributed by atoms with Gasteiger partial charge >= 0.3 is 47.8 Å². The zero-order valence-corrected chi connectivity index (χ0v) is 51.8. The number of methoxy groups -OCH3 is 1. The van der Waals surface area contributed by atoms with Crippen LogP contribution in [0.2, 0.25) is 0 Å². The van der Waals surface area contributed by atoms with Gasteiger partial charge in [0.05, 0.1) is 47.0 Å². The summed E-state index contributed by atoms with van der Waals surface area (Å²) in [6, 6.07) is 0. The van der Waals surface area contributed by atoms with Gasteiger partial charge in [0.15, 0.2) is 6.61 Å². The van der Waals surface area contributed by atoms with E-state index in [-0.39, 0.29) is 88.9 Å². The SMILES string of the molecule is CCC(C)(C)C(=O)OC(C)(C)C12CC3CC(CC(C3)C1)C2.CCC(C)(C)C(=O)OC12CC3CC(CC(CO)(C3)C1)C2.CCC(C)(C)C(=O)OC1COC(=O)C1.CCC(C)(C)C(=O)OCC(=O)OC1C2CC3C1OC(=O)C3C2C(=O)OC. The summed E-state index contributed by atoms with van der Waals surface area (Å²) >= 11 is 0. The molecular formula is C64H100O17. The van der Waals surface area contributed by atoms with Crippen molar-refractivity contribution in [2.45, 2.75) is 242 Å². The third-order valence-electron chi connectivity index (χ3n) is 21.9. The maximum Gasteiger partial charge on any atom is 0.344 e. The summed E-state index contributed by atoms with van der Waals surface area (Å²) in [7, 11) is 1.27. The van der Waals surface area contributed by atoms with E-state index in [9.17, 15) is 43.5 Å². The fourth-order valence-corrected chi connectivity index (χ4v) is 15.9. The Labute approximate surface area is 482 Å². The molecule has 10 saturated carbocycles. The summed E-state index contributed by atoms with van der Waals surface area (Å²) in [5.41, 5.74) is -2.21. The van der Waals surface area contributed by atoms with Crippen LogP contribution < -0.4 is 0 Å². The molecule has 0 radical (unpaired) electrons. The van der Waals surface area contributed by atoms with Crippen molar-refractivity contribution >= 4 is 47.8 Å². The first kappa shape index (κ1) is 64.3. The smallest absolute Gasteiger partial charge is 0.344 e. The largest absolute Gasteiger partial charge is 0.469 e. The number of esters is 8. The lowest BCUT2D eigenvalue weighted by molar-refractivity contribution is -0.214. The number of carbonyl (C=O) groups excluding carboxylic acids is 8. The minimum Gasteiger partial charge on any atom is -0.469 e. The highest BCUT2D eigenvalue weighted by molar-refractivity contribution is 5.86. The van der Waals surface area contributed by atoms with Crippen LogP contribution in [0.25, 0.3) is 0 Å². The van der Waals surface area contributed by atoms with Gasteiger partial charge in [0, 0.05) is 23.9 Å². The van der Waals surface area contributed by atoms with Crippen LogP contribution in [-0.2, 0) is 76.3 Å². The molecule has 1 N–H and O–H groups in total. The minimum absolute atomic E-state index is 0.00857. The van der Waals surface area contributed by atoms with Gasteiger partial charge in [-0.15, -0.1) is 0 Å². The van der Waals surface area contributed by atoms with E-state index >= 15 is 0 Å². The monoisotopic (exact) mass is 1140 g/mol. The van der Waals surface area contributed by atoms with Crippen molar-refractivity contribution in [3.8, 4) is 0 Å². The van der Waals surface area contributed by atoms with Crippen LogP contribution in [0.4, 0.5) is 0 Å². The van der Waals surface area contributed by atoms with Gasteiger partial charge in [0.1, 0.15) is 36.1 Å². The van der Waals surface area contributed by atoms with Gasteiger partial charge in [-0.25, -0.2) is 4.79 Å². The highest BCUT2D eigenvalue weighted by Gasteiger charge is 2.70. The molecule has 10 bridgehead atoms. The number of aliphatic hydroxyl groups excluding tert-OH is 1. The number of hydrogen-bond donors (Lipinski definition) is 1. The Balaban J connectivity index is 0.000000159. The van der Waals surface area contributed by atoms with E-state index in [1.807, 2.05) is 62.3 Å². The Hall–Kier alpha value is -4.28. The quantitative estimate of drug-likeness (QED) is 0.105. The van der Waals surface area contributed by atoms with Crippen LogP contribution in [0, 0.1) is 85.8 Å². The van der Waals surface area contributed by atoms with E-state index in [4.69, 9.17) is 37.9 Å². The lowest BCUT2D eigenvalue weighted by Crippen LogP contribution is -2.59. The molecular weight excluding hydrogens is 1040 g/mol. The summed E-state index contributed by atoms with van der Waals surface area (Å²) in [6.45, 7) is 27.3. The summed E-state index contributed by atoms with van der Waals surface area (Å²) in [6.07, 6.45) is 16.7. The normalized spacial score (nSPS) is 35.4. The number of ether oxygens (including phenoxy) is 8. The molecule has 9 atom stereocenters. The van der Waals surface area contributed by atoms with Gasteiger partial charge in [0.25, 0.3) is 0 Å². The first-order valence-electron chi connectivity index (χ1n) is 30.8. The zero-order valence-electron chi connectivity index (χ0n) is 51.8. The topological polar surface area (TPSA) is 231 Å². The van der Waals surface area contributed by atoms with Crippen molar-refractivity contribution < 1.29 is 81.4 Å². The standard InChI is InChI=1S/C19H32O2.C18H24O8.C17H28O3.C10H16O4/c1-6-17(2,3)16(20)21-18(4,5)19-10-13-7-14(11-19)9-15(8-13)12-19;1-5-18(2,3)17(22)24-7-10(19)25-13-8-6-9-12(11(8)15(20)23-4)16(21)26-14(9)13;1-4-15(2,3)14(19)20-17-8-12-5-13(9-17)7-16(6-12,10-17)11-18;1-4-10(2,3)9(12)14-7-5-8(11)13-6-7/h13-15H,6-12H2,1-5H3;8-9,11-14H,5-7H2,1-4H3;12-13,18H,4-11H2,1-3H3;7H,4-6H2,1-3H3. The second-order valence-electron chi connectivity index (χ2n) is 29.7. The molecule has 0 spiro atoms. The molecule has 0 aromatic heterocycles. The lowest BCUT2D eigenvalue weighted by atomic mass is 9.46. The molecule has 2 saturated heterocycles. The van der Waals surface area contributed by atoms with Crippen molar-refractivity contribution in [2.24, 2.45) is 85.8 Å². The average molecular weight is 1140 g/mol. The van der Waals surface area contributed by atoms with Gasteiger partial charge in [-0.1, -0.05) is 27.7 Å². The second kappa shape index (κ2) is 24.0. The van der Waals surface area contributed by atoms with Crippen molar-refractivity contribution in [1.29, 1.82) is 0 Å². The number of hydrogen-bond acceptors (Lipinski definition) is 17. The molecule has 81 heavy (non-hydrogen) atoms. The van der Waals surface area contributed by atoms with Crippen LogP contribution >= 0.6 is 0 Å². The van der Waals surface area contributed by atoms with Gasteiger partial charge in [-0.2, -0.15) is 0 Å². The number of fused-ring (bicyclic) bond motifs is 1. The zero-order chi connectivity index (χ0) is 60.1. The molecule has 2 heterocycles. The van der Waals surface area contributed by atoms with Crippen LogP contribution in [0.5, 0.6) is 0 Å². The van der Waals surface area contributed by atoms with Crippen LogP contribution in [0.3, 0.4) is 0 Å². The first-order valence-corrected chi connectivity index (χ1v) is 30.8. The fourth-order valence-electron chi connectivity index (χ4n) is 15.9. The second-order valence-corrected chi connectivity index (χ2v) is 29.7. The molecule has 0 aromatic carbocycles. The Morgan fingerprint density at radius 3 is 1.62 bits per heavy atom. The van der Waals surface area contributed by atoms with Gasteiger partial charge in [-0.3, -0.25) is 33.6 Å². The van der Waals surface area contributed by atoms with E-state index < -0.39 is 70.8 Å². The van der Waals surface area contributed by atoms with Crippen molar-refractivity contribution in [3.05, 3.63) is 0 Å². The Bertz CT molecular complexity index is 2310. The van der Waals surface area contributed by atoms with E-state index in [1.165, 1.54) is 52.1 Å². The molecule has 12 fully saturated rings. The third kappa shape index (κ3) is 13.5. The van der Waals surface area contributed by atoms with Crippen LogP contribution in [-0.4, -0.2) is 109 Å². The van der Waals surface area contributed by atoms with E-state index in [2.05, 4.69) is 20.8 Å². The number of cyclic esters (lactones) is 1. The summed E-state index contributed by atoms with van der Waals surface area (Å²) in [5.74, 6) is -0.374. The van der Waals surface area contributed by atoms with Crippen LogP contribution in [0.1, 0.15) is 213 Å². The Morgan fingerprint density at radius 2 is 1.12 bits per heavy atom. The van der Waals surface area contributed by atoms with Crippen molar-refractivity contribution in [2.75, 3.05) is 26.9 Å². The molecule has 458 valence electrons. The van der Waals surface area contributed by atoms with Gasteiger partial charge in [0.2, 0.25) is 0 Å². The predicted molar refractivity (Wildman–Crippen MR) is 297 cm³/mol. The van der Waals surface area contributed by atoms with Gasteiger partial charge in [-0.05, 0) is 213 Å². The molecule has 12 rings (SSSR count). The Morgan fingerprint density at radius 1 is 0.617 bits per heavy atom. The van der Waals surface area contributed by atoms with Crippen molar-refractivity contribution in [3.63, 3.8) is 0 Å². The maximum absolute atomic E-state index is 12.6. The Kier molecular flexibility index (Phi) is 19.0. The molecule has 9 unspecified atom stereocenters. The molecule has 10 aliphatic carbocycles. The van der Waals surface area contributed by atoms with E-state index in [0.717, 1.165) is 62.7 Å². The summed E-state index contributed by atoms with van der Waals surface area (Å²) < 4.78 is 42.7. The molecule has 0 aromatic rings. The molecule has 0 amide bonds. The van der Waals surface area contributed by atoms with Crippen LogP contribution in [0.15, 0.2) is 0 Å². The van der Waals surface area contributed by atoms with Gasteiger partial charge < -0.3 is 43.0 Å². The highest BCUT2D eigenvalue weighted by atomic mass is 16.6. The number of carbonyl (C=O) groups is 8. The molecule has 2 aliphatic heterocycles. The summed E-state index contributed by atoms with van der Waals surface area (Å²) in [5, 5.41) is 9.85. The van der Waals surface area contributed by atoms with E-state index in [0.29, 0.717) is 31.1 Å². The number of aliphatic hydroxyl groups is 1. The minimum atomic E-state index is -0.717.